The van der Waals surface area contributed by atoms with Gasteiger partial charge < -0.3 is 9.84 Å². The Labute approximate surface area is 97.9 Å². The Morgan fingerprint density at radius 1 is 1.00 bits per heavy atom. The van der Waals surface area contributed by atoms with Crippen molar-refractivity contribution >= 4 is 0 Å². The van der Waals surface area contributed by atoms with Gasteiger partial charge in [0, 0.05) is 5.92 Å². The largest absolute Gasteiger partial charge is 0.426 e. The molecule has 8 heteroatoms. The van der Waals surface area contributed by atoms with Gasteiger partial charge in [0.2, 0.25) is 0 Å². The lowest BCUT2D eigenvalue weighted by Crippen LogP contribution is -2.60. The highest BCUT2D eigenvalue weighted by molar-refractivity contribution is 5.18. The Bertz CT molecular complexity index is 362. The topological polar surface area (TPSA) is 29.5 Å². The molecule has 0 aromatic heterocycles. The van der Waals surface area contributed by atoms with Crippen LogP contribution in [0.25, 0.3) is 0 Å². The van der Waals surface area contributed by atoms with E-state index in [-0.39, 0.29) is 12.8 Å². The fraction of sp³-hybridized carbons (Fsp3) is 1.00. The van der Waals surface area contributed by atoms with Gasteiger partial charge in [0.25, 0.3) is 5.60 Å². The zero-order valence-electron chi connectivity index (χ0n) is 8.92. The van der Waals surface area contributed by atoms with E-state index < -0.39 is 47.9 Å². The lowest BCUT2D eigenvalue weighted by Gasteiger charge is -2.36. The van der Waals surface area contributed by atoms with Crippen LogP contribution in [0.2, 0.25) is 0 Å². The summed E-state index contributed by atoms with van der Waals surface area (Å²) in [5.41, 5.74) is -4.10. The minimum absolute atomic E-state index is 0.185. The van der Waals surface area contributed by atoms with Crippen molar-refractivity contribution in [3.05, 3.63) is 0 Å². The lowest BCUT2D eigenvalue weighted by atomic mass is 9.77. The van der Waals surface area contributed by atoms with Crippen LogP contribution in [0.4, 0.5) is 26.3 Å². The average molecular weight is 276 g/mol. The predicted octanol–water partition coefficient (Wildman–Crippen LogP) is 2.27. The molecule has 3 rings (SSSR count). The summed E-state index contributed by atoms with van der Waals surface area (Å²) in [7, 11) is 0. The van der Waals surface area contributed by atoms with Crippen molar-refractivity contribution in [3.8, 4) is 0 Å². The van der Waals surface area contributed by atoms with E-state index in [0.717, 1.165) is 0 Å². The van der Waals surface area contributed by atoms with Crippen LogP contribution in [0.3, 0.4) is 0 Å². The number of aliphatic hydroxyl groups excluding tert-OH is 1. The smallest absolute Gasteiger partial charge is 0.390 e. The monoisotopic (exact) mass is 276 g/mol. The summed E-state index contributed by atoms with van der Waals surface area (Å²) in [6, 6.07) is 0. The van der Waals surface area contributed by atoms with E-state index in [9.17, 15) is 31.4 Å². The Kier molecular flexibility index (Phi) is 2.19. The summed E-state index contributed by atoms with van der Waals surface area (Å²) in [6.45, 7) is 0. The number of hydrogen-bond donors (Lipinski definition) is 1. The van der Waals surface area contributed by atoms with Crippen LogP contribution < -0.4 is 0 Å². The second-order valence-corrected chi connectivity index (χ2v) is 5.31. The molecular weight excluding hydrogens is 266 g/mol. The Morgan fingerprint density at radius 2 is 1.56 bits per heavy atom. The number of ether oxygens (including phenoxy) is 1. The first-order chi connectivity index (χ1) is 8.09. The summed E-state index contributed by atoms with van der Waals surface area (Å²) in [4.78, 5) is 0. The third-order valence-electron chi connectivity index (χ3n) is 4.58. The molecule has 0 amide bonds. The zero-order chi connectivity index (χ0) is 13.5. The average Bonchev–Trinajstić information content (AvgIpc) is 2.72. The Balaban J connectivity index is 2.09. The molecule has 2 aliphatic carbocycles. The van der Waals surface area contributed by atoms with Gasteiger partial charge >= 0.3 is 12.4 Å². The standard InChI is InChI=1S/C10H10F6O2/c11-9(12,13)8(10(14,15)16)5-2-3-1-4(5)7(18-8)6(3)17/h3-7,17H,1-2H2/t3-,4-,5?,6?,7?/m0/s1. The Hall–Kier alpha value is -0.500. The van der Waals surface area contributed by atoms with Crippen LogP contribution in [0.5, 0.6) is 0 Å². The molecule has 5 atom stereocenters. The van der Waals surface area contributed by atoms with Gasteiger partial charge in [-0.1, -0.05) is 0 Å². The van der Waals surface area contributed by atoms with Gasteiger partial charge in [0.1, 0.15) is 0 Å². The third kappa shape index (κ3) is 1.18. The summed E-state index contributed by atoms with van der Waals surface area (Å²) in [5.74, 6) is -2.96. The van der Waals surface area contributed by atoms with Crippen molar-refractivity contribution in [2.75, 3.05) is 0 Å². The van der Waals surface area contributed by atoms with Gasteiger partial charge in [0.05, 0.1) is 12.2 Å². The van der Waals surface area contributed by atoms with Crippen molar-refractivity contribution in [2.45, 2.75) is 43.0 Å². The first-order valence-corrected chi connectivity index (χ1v) is 5.59. The molecule has 104 valence electrons. The van der Waals surface area contributed by atoms with Crippen LogP contribution >= 0.6 is 0 Å². The zero-order valence-corrected chi connectivity index (χ0v) is 8.92. The van der Waals surface area contributed by atoms with E-state index in [4.69, 9.17) is 0 Å². The van der Waals surface area contributed by atoms with E-state index in [1.165, 1.54) is 0 Å². The highest BCUT2D eigenvalue weighted by Crippen LogP contribution is 2.67. The quantitative estimate of drug-likeness (QED) is 0.688. The molecule has 0 aromatic rings. The van der Waals surface area contributed by atoms with Crippen molar-refractivity contribution in [1.29, 1.82) is 0 Å². The van der Waals surface area contributed by atoms with Crippen LogP contribution in [0.15, 0.2) is 0 Å². The van der Waals surface area contributed by atoms with Gasteiger partial charge in [-0.15, -0.1) is 0 Å². The predicted molar refractivity (Wildman–Crippen MR) is 45.4 cm³/mol. The molecule has 2 saturated carbocycles. The van der Waals surface area contributed by atoms with E-state index in [1.54, 1.807) is 0 Å². The number of halogens is 6. The second kappa shape index (κ2) is 3.15. The minimum atomic E-state index is -5.51. The van der Waals surface area contributed by atoms with Gasteiger partial charge in [-0.25, -0.2) is 0 Å². The number of fused-ring (bicyclic) bond motifs is 1. The fourth-order valence-electron chi connectivity index (χ4n) is 3.92. The Morgan fingerprint density at radius 3 is 1.94 bits per heavy atom. The van der Waals surface area contributed by atoms with Gasteiger partial charge in [-0.05, 0) is 24.7 Å². The molecule has 3 unspecified atom stereocenters. The van der Waals surface area contributed by atoms with Gasteiger partial charge in [0.15, 0.2) is 0 Å². The van der Waals surface area contributed by atoms with Crippen molar-refractivity contribution in [1.82, 2.24) is 0 Å². The molecule has 0 aromatic carbocycles. The van der Waals surface area contributed by atoms with E-state index in [2.05, 4.69) is 4.74 Å². The van der Waals surface area contributed by atoms with E-state index in [1.807, 2.05) is 0 Å². The summed E-state index contributed by atoms with van der Waals surface area (Å²) >= 11 is 0. The molecule has 0 radical (unpaired) electrons. The molecular formula is C10H10F6O2. The van der Waals surface area contributed by atoms with E-state index >= 15 is 0 Å². The van der Waals surface area contributed by atoms with Crippen molar-refractivity contribution in [2.24, 2.45) is 17.8 Å². The number of aliphatic hydroxyl groups is 1. The summed E-state index contributed by atoms with van der Waals surface area (Å²) in [6.07, 6.45) is -13.7. The number of rotatable bonds is 0. The van der Waals surface area contributed by atoms with Crippen molar-refractivity contribution < 1.29 is 36.2 Å². The normalized spacial score (nSPS) is 45.8. The highest BCUT2D eigenvalue weighted by atomic mass is 19.4. The molecule has 1 saturated heterocycles. The number of alkyl halides is 6. The summed E-state index contributed by atoms with van der Waals surface area (Å²) < 4.78 is 82.0. The van der Waals surface area contributed by atoms with Gasteiger partial charge in [-0.2, -0.15) is 26.3 Å². The molecule has 1 aliphatic heterocycles. The minimum Gasteiger partial charge on any atom is -0.390 e. The number of hydrogen-bond acceptors (Lipinski definition) is 2. The maximum absolute atomic E-state index is 12.9. The molecule has 3 aliphatic rings. The van der Waals surface area contributed by atoms with Crippen LogP contribution in [0, 0.1) is 17.8 Å². The van der Waals surface area contributed by atoms with Gasteiger partial charge in [-0.3, -0.25) is 0 Å². The van der Waals surface area contributed by atoms with Crippen LogP contribution in [-0.4, -0.2) is 35.3 Å². The van der Waals surface area contributed by atoms with Crippen LogP contribution in [0.1, 0.15) is 12.8 Å². The molecule has 2 nitrogen and oxygen atoms in total. The molecule has 1 heterocycles. The highest BCUT2D eigenvalue weighted by Gasteiger charge is 2.84. The third-order valence-corrected chi connectivity index (χ3v) is 4.58. The molecule has 0 spiro atoms. The first-order valence-electron chi connectivity index (χ1n) is 5.59. The van der Waals surface area contributed by atoms with E-state index in [0.29, 0.717) is 0 Å². The SMILES string of the molecule is OC1C2OC(C(F)(F)F)(C(F)(F)F)C3C[C@@H]1C[C@H]23. The maximum atomic E-state index is 12.9. The second-order valence-electron chi connectivity index (χ2n) is 5.31. The van der Waals surface area contributed by atoms with Crippen molar-refractivity contribution in [3.63, 3.8) is 0 Å². The molecule has 2 bridgehead atoms. The summed E-state index contributed by atoms with van der Waals surface area (Å²) in [5, 5.41) is 9.61. The molecule has 18 heavy (non-hydrogen) atoms. The lowest BCUT2D eigenvalue weighted by molar-refractivity contribution is -0.385. The molecule has 1 N–H and O–H groups in total. The van der Waals surface area contributed by atoms with Crippen LogP contribution in [-0.2, 0) is 4.74 Å². The maximum Gasteiger partial charge on any atom is 0.426 e. The fourth-order valence-corrected chi connectivity index (χ4v) is 3.92. The first kappa shape index (κ1) is 12.5. The molecule has 3 fully saturated rings.